The van der Waals surface area contributed by atoms with Gasteiger partial charge in [0.25, 0.3) is 0 Å². The molecule has 0 aromatic heterocycles. The summed E-state index contributed by atoms with van der Waals surface area (Å²) in [5.74, 6) is 0.0821. The number of thiocarbonyl (C=S) groups is 1. The average Bonchev–Trinajstić information content (AvgIpc) is 2.50. The quantitative estimate of drug-likeness (QED) is 0.580. The van der Waals surface area contributed by atoms with Crippen molar-refractivity contribution in [1.29, 1.82) is 0 Å². The maximum atomic E-state index is 11.9. The van der Waals surface area contributed by atoms with Crippen LogP contribution in [0.1, 0.15) is 5.56 Å². The lowest BCUT2D eigenvalue weighted by Crippen LogP contribution is -2.35. The third-order valence-corrected chi connectivity index (χ3v) is 4.74. The molecule has 3 nitrogen and oxygen atoms in total. The lowest BCUT2D eigenvalue weighted by molar-refractivity contribution is -0.117. The molecule has 0 unspecified atom stereocenters. The van der Waals surface area contributed by atoms with Gasteiger partial charge in [0.2, 0.25) is 5.91 Å². The highest BCUT2D eigenvalue weighted by atomic mass is 35.5. The lowest BCUT2D eigenvalue weighted by atomic mass is 10.2. The number of rotatable bonds is 4. The Kier molecular flexibility index (Phi) is 6.72. The monoisotopic (exact) mass is 384 g/mol. The summed E-state index contributed by atoms with van der Waals surface area (Å²) < 4.78 is 0. The van der Waals surface area contributed by atoms with E-state index in [2.05, 4.69) is 10.6 Å². The van der Waals surface area contributed by atoms with Crippen LogP contribution in [0.25, 0.3) is 0 Å². The van der Waals surface area contributed by atoms with Crippen molar-refractivity contribution >= 4 is 63.9 Å². The zero-order valence-corrected chi connectivity index (χ0v) is 15.4. The highest BCUT2D eigenvalue weighted by Gasteiger charge is 2.07. The van der Waals surface area contributed by atoms with Crippen molar-refractivity contribution in [2.45, 2.75) is 11.8 Å². The van der Waals surface area contributed by atoms with Crippen LogP contribution in [0, 0.1) is 6.92 Å². The van der Waals surface area contributed by atoms with E-state index in [1.165, 1.54) is 11.8 Å². The van der Waals surface area contributed by atoms with Crippen LogP contribution < -0.4 is 10.6 Å². The van der Waals surface area contributed by atoms with Gasteiger partial charge in [-0.1, -0.05) is 29.3 Å². The summed E-state index contributed by atoms with van der Waals surface area (Å²) in [6.45, 7) is 1.92. The second-order valence-electron chi connectivity index (χ2n) is 4.71. The Balaban J connectivity index is 1.81. The van der Waals surface area contributed by atoms with Crippen LogP contribution in [0.4, 0.5) is 5.69 Å². The lowest BCUT2D eigenvalue weighted by Gasteiger charge is -2.10. The number of carbonyl (C=O) groups excluding carboxylic acids is 1. The summed E-state index contributed by atoms with van der Waals surface area (Å²) in [4.78, 5) is 12.9. The van der Waals surface area contributed by atoms with E-state index in [9.17, 15) is 4.79 Å². The van der Waals surface area contributed by atoms with Crippen molar-refractivity contribution in [3.63, 3.8) is 0 Å². The molecule has 7 heteroatoms. The van der Waals surface area contributed by atoms with Crippen LogP contribution in [0.15, 0.2) is 47.4 Å². The molecule has 0 spiro atoms. The van der Waals surface area contributed by atoms with Crippen LogP contribution in [0.5, 0.6) is 0 Å². The first kappa shape index (κ1) is 18.1. The maximum absolute atomic E-state index is 11.9. The summed E-state index contributed by atoms with van der Waals surface area (Å²) in [7, 11) is 0. The zero-order valence-electron chi connectivity index (χ0n) is 12.2. The Morgan fingerprint density at radius 1 is 1.17 bits per heavy atom. The summed E-state index contributed by atoms with van der Waals surface area (Å²) in [6, 6.07) is 12.8. The number of hydrogen-bond donors (Lipinski definition) is 2. The van der Waals surface area contributed by atoms with E-state index in [0.29, 0.717) is 10.0 Å². The molecule has 0 saturated carbocycles. The SMILES string of the molecule is Cc1ccc(NC(=S)NC(=O)CSc2ccc(Cl)cc2)cc1Cl. The predicted molar refractivity (Wildman–Crippen MR) is 103 cm³/mol. The number of thioether (sulfide) groups is 1. The van der Waals surface area contributed by atoms with E-state index in [4.69, 9.17) is 35.4 Å². The number of aryl methyl sites for hydroxylation is 1. The van der Waals surface area contributed by atoms with Gasteiger partial charge in [-0.05, 0) is 61.1 Å². The van der Waals surface area contributed by atoms with E-state index in [-0.39, 0.29) is 16.8 Å². The van der Waals surface area contributed by atoms with Gasteiger partial charge in [0.15, 0.2) is 5.11 Å². The first-order valence-electron chi connectivity index (χ1n) is 6.69. The molecule has 120 valence electrons. The van der Waals surface area contributed by atoms with Crippen LogP contribution in [-0.4, -0.2) is 16.8 Å². The highest BCUT2D eigenvalue weighted by molar-refractivity contribution is 8.00. The van der Waals surface area contributed by atoms with Gasteiger partial charge in [0.05, 0.1) is 5.75 Å². The number of hydrogen-bond acceptors (Lipinski definition) is 3. The van der Waals surface area contributed by atoms with E-state index in [0.717, 1.165) is 16.1 Å². The van der Waals surface area contributed by atoms with E-state index in [1.807, 2.05) is 31.2 Å². The third kappa shape index (κ3) is 6.03. The molecule has 1 amide bonds. The normalized spacial score (nSPS) is 10.2. The minimum absolute atomic E-state index is 0.180. The Hall–Kier alpha value is -1.27. The molecule has 2 aromatic carbocycles. The van der Waals surface area contributed by atoms with Crippen molar-refractivity contribution in [1.82, 2.24) is 5.32 Å². The standard InChI is InChI=1S/C16H14Cl2N2OS2/c1-10-2-5-12(8-14(10)18)19-16(22)20-15(21)9-23-13-6-3-11(17)4-7-13/h2-8H,9H2,1H3,(H2,19,20,21,22). The van der Waals surface area contributed by atoms with Gasteiger partial charge in [-0.3, -0.25) is 4.79 Å². The third-order valence-electron chi connectivity index (χ3n) is 2.87. The second-order valence-corrected chi connectivity index (χ2v) is 7.01. The molecule has 0 heterocycles. The molecule has 23 heavy (non-hydrogen) atoms. The summed E-state index contributed by atoms with van der Waals surface area (Å²) in [5.41, 5.74) is 1.71. The van der Waals surface area contributed by atoms with Gasteiger partial charge in [0, 0.05) is 20.6 Å². The van der Waals surface area contributed by atoms with Gasteiger partial charge < -0.3 is 10.6 Å². The number of halogens is 2. The zero-order chi connectivity index (χ0) is 16.8. The Labute approximate surface area is 154 Å². The van der Waals surface area contributed by atoms with Gasteiger partial charge in [-0.25, -0.2) is 0 Å². The Morgan fingerprint density at radius 3 is 2.52 bits per heavy atom. The minimum atomic E-state index is -0.180. The smallest absolute Gasteiger partial charge is 0.236 e. The molecule has 2 N–H and O–H groups in total. The van der Waals surface area contributed by atoms with Crippen molar-refractivity contribution in [2.24, 2.45) is 0 Å². The predicted octanol–water partition coefficient (Wildman–Crippen LogP) is 4.91. The van der Waals surface area contributed by atoms with Gasteiger partial charge in [-0.15, -0.1) is 11.8 Å². The second kappa shape index (κ2) is 8.55. The largest absolute Gasteiger partial charge is 0.332 e. The van der Waals surface area contributed by atoms with Crippen molar-refractivity contribution in [2.75, 3.05) is 11.1 Å². The minimum Gasteiger partial charge on any atom is -0.332 e. The fraction of sp³-hybridized carbons (Fsp3) is 0.125. The molecule has 0 aliphatic heterocycles. The maximum Gasteiger partial charge on any atom is 0.236 e. The number of anilines is 1. The van der Waals surface area contributed by atoms with Crippen molar-refractivity contribution in [3.05, 3.63) is 58.1 Å². The first-order chi connectivity index (χ1) is 10.9. The average molecular weight is 385 g/mol. The van der Waals surface area contributed by atoms with Crippen molar-refractivity contribution < 1.29 is 4.79 Å². The molecule has 0 bridgehead atoms. The number of nitrogens with one attached hydrogen (secondary N) is 2. The fourth-order valence-corrected chi connectivity index (χ4v) is 2.91. The van der Waals surface area contributed by atoms with E-state index < -0.39 is 0 Å². The van der Waals surface area contributed by atoms with Crippen molar-refractivity contribution in [3.8, 4) is 0 Å². The van der Waals surface area contributed by atoms with Gasteiger partial charge in [-0.2, -0.15) is 0 Å². The molecule has 0 atom stereocenters. The summed E-state index contributed by atoms with van der Waals surface area (Å²) in [5, 5.41) is 7.12. The van der Waals surface area contributed by atoms with Crippen LogP contribution >= 0.6 is 47.2 Å². The van der Waals surface area contributed by atoms with Crippen LogP contribution in [0.2, 0.25) is 10.0 Å². The molecule has 0 aliphatic carbocycles. The molecule has 2 rings (SSSR count). The fourth-order valence-electron chi connectivity index (χ4n) is 1.68. The molecular formula is C16H14Cl2N2OS2. The van der Waals surface area contributed by atoms with Gasteiger partial charge >= 0.3 is 0 Å². The van der Waals surface area contributed by atoms with E-state index >= 15 is 0 Å². The van der Waals surface area contributed by atoms with Crippen LogP contribution in [0.3, 0.4) is 0 Å². The first-order valence-corrected chi connectivity index (χ1v) is 8.84. The highest BCUT2D eigenvalue weighted by Crippen LogP contribution is 2.21. The Morgan fingerprint density at radius 2 is 1.87 bits per heavy atom. The summed E-state index contributed by atoms with van der Waals surface area (Å²) in [6.07, 6.45) is 0. The molecule has 0 fully saturated rings. The molecular weight excluding hydrogens is 371 g/mol. The van der Waals surface area contributed by atoms with E-state index in [1.54, 1.807) is 18.2 Å². The Bertz CT molecular complexity index is 721. The van der Waals surface area contributed by atoms with Crippen LogP contribution in [-0.2, 0) is 4.79 Å². The molecule has 0 radical (unpaired) electrons. The molecule has 2 aromatic rings. The number of carbonyl (C=O) groups is 1. The van der Waals surface area contributed by atoms with Gasteiger partial charge in [0.1, 0.15) is 0 Å². The molecule has 0 saturated heterocycles. The topological polar surface area (TPSA) is 41.1 Å². The number of amides is 1. The summed E-state index contributed by atoms with van der Waals surface area (Å²) >= 11 is 18.4. The molecule has 0 aliphatic rings. The number of benzene rings is 2.